The van der Waals surface area contributed by atoms with E-state index < -0.39 is 0 Å². The van der Waals surface area contributed by atoms with Crippen LogP contribution in [-0.2, 0) is 0 Å². The minimum atomic E-state index is 0.108. The van der Waals surface area contributed by atoms with Gasteiger partial charge < -0.3 is 9.84 Å². The topological polar surface area (TPSA) is 29.5 Å². The summed E-state index contributed by atoms with van der Waals surface area (Å²) in [5, 5.41) is 8.64. The van der Waals surface area contributed by atoms with Crippen LogP contribution >= 0.6 is 0 Å². The molecule has 1 N–H and O–H groups in total. The lowest BCUT2D eigenvalue weighted by Gasteiger charge is -2.10. The van der Waals surface area contributed by atoms with Crippen LogP contribution in [0.2, 0.25) is 0 Å². The quantitative estimate of drug-likeness (QED) is 0.791. The van der Waals surface area contributed by atoms with Crippen LogP contribution < -0.4 is 4.74 Å². The molecule has 0 aliphatic heterocycles. The number of hydrogen-bond donors (Lipinski definition) is 1. The van der Waals surface area contributed by atoms with Crippen molar-refractivity contribution in [2.45, 2.75) is 26.7 Å². The molecule has 0 fully saturated rings. The average molecular weight is 232 g/mol. The van der Waals surface area contributed by atoms with Gasteiger partial charge in [0.2, 0.25) is 0 Å². The van der Waals surface area contributed by atoms with Gasteiger partial charge in [-0.3, -0.25) is 0 Å². The molecule has 0 saturated carbocycles. The van der Waals surface area contributed by atoms with Crippen molar-refractivity contribution in [1.29, 1.82) is 0 Å². The van der Waals surface area contributed by atoms with Crippen molar-refractivity contribution >= 4 is 0 Å². The van der Waals surface area contributed by atoms with E-state index >= 15 is 0 Å². The molecule has 0 aromatic heterocycles. The van der Waals surface area contributed by atoms with Crippen LogP contribution in [-0.4, -0.2) is 18.3 Å². The van der Waals surface area contributed by atoms with E-state index in [1.165, 1.54) is 0 Å². The summed E-state index contributed by atoms with van der Waals surface area (Å²) in [6.07, 6.45) is 1.63. The molecule has 0 spiro atoms. The van der Waals surface area contributed by atoms with Crippen LogP contribution in [0.5, 0.6) is 5.75 Å². The Hall–Kier alpha value is -1.46. The van der Waals surface area contributed by atoms with Crippen molar-refractivity contribution in [2.24, 2.45) is 5.92 Å². The monoisotopic (exact) mass is 232 g/mol. The van der Waals surface area contributed by atoms with Gasteiger partial charge in [0.05, 0.1) is 13.2 Å². The summed E-state index contributed by atoms with van der Waals surface area (Å²) < 4.78 is 5.69. The lowest BCUT2D eigenvalue weighted by atomic mass is 10.1. The van der Waals surface area contributed by atoms with E-state index in [1.807, 2.05) is 24.3 Å². The summed E-state index contributed by atoms with van der Waals surface area (Å²) in [5.41, 5.74) is 0.931. The third kappa shape index (κ3) is 5.42. The number of aliphatic hydroxyl groups is 1. The van der Waals surface area contributed by atoms with Gasteiger partial charge in [-0.15, -0.1) is 0 Å². The van der Waals surface area contributed by atoms with Gasteiger partial charge in [0, 0.05) is 12.0 Å². The highest BCUT2D eigenvalue weighted by Gasteiger charge is 2.00. The second kappa shape index (κ2) is 7.76. The smallest absolute Gasteiger partial charge is 0.120 e. The molecule has 1 atom stereocenters. The van der Waals surface area contributed by atoms with E-state index in [4.69, 9.17) is 9.84 Å². The first-order valence-electron chi connectivity index (χ1n) is 6.08. The summed E-state index contributed by atoms with van der Waals surface area (Å²) in [6.45, 7) is 5.18. The van der Waals surface area contributed by atoms with Gasteiger partial charge >= 0.3 is 0 Å². The number of hydrogen-bond acceptors (Lipinski definition) is 2. The lowest BCUT2D eigenvalue weighted by Crippen LogP contribution is -2.07. The summed E-state index contributed by atoms with van der Waals surface area (Å²) in [7, 11) is 0. The minimum Gasteiger partial charge on any atom is -0.493 e. The Kier molecular flexibility index (Phi) is 6.21. The largest absolute Gasteiger partial charge is 0.493 e. The zero-order chi connectivity index (χ0) is 12.5. The second-order valence-electron chi connectivity index (χ2n) is 4.13. The highest BCUT2D eigenvalue weighted by atomic mass is 16.5. The van der Waals surface area contributed by atoms with Crippen molar-refractivity contribution in [1.82, 2.24) is 0 Å². The molecule has 0 heterocycles. The Balaban J connectivity index is 2.57. The summed E-state index contributed by atoms with van der Waals surface area (Å²) in [5.74, 6) is 7.33. The van der Waals surface area contributed by atoms with Crippen molar-refractivity contribution in [3.05, 3.63) is 29.8 Å². The third-order valence-electron chi connectivity index (χ3n) is 2.54. The van der Waals surface area contributed by atoms with Gasteiger partial charge in [-0.1, -0.05) is 38.2 Å². The Labute approximate surface area is 104 Å². The number of benzene rings is 1. The highest BCUT2D eigenvalue weighted by molar-refractivity contribution is 5.39. The van der Waals surface area contributed by atoms with Gasteiger partial charge in [0.15, 0.2) is 0 Å². The van der Waals surface area contributed by atoms with E-state index in [9.17, 15) is 0 Å². The summed E-state index contributed by atoms with van der Waals surface area (Å²) >= 11 is 0. The molecule has 1 aromatic carbocycles. The molecule has 0 aliphatic rings. The molecular formula is C15H20O2. The first kappa shape index (κ1) is 13.6. The standard InChI is InChI=1S/C15H20O2/c1-3-13(2)12-17-15-9-6-8-14(11-15)7-4-5-10-16/h6,8-9,11,13,16H,3,5,10,12H2,1-2H3. The molecule has 0 radical (unpaired) electrons. The molecule has 0 saturated heterocycles. The van der Waals surface area contributed by atoms with E-state index in [0.717, 1.165) is 24.3 Å². The average Bonchev–Trinajstić information content (AvgIpc) is 2.37. The molecule has 1 unspecified atom stereocenters. The Morgan fingerprint density at radius 1 is 1.41 bits per heavy atom. The van der Waals surface area contributed by atoms with E-state index in [2.05, 4.69) is 25.7 Å². The fraction of sp³-hybridized carbons (Fsp3) is 0.467. The number of rotatable bonds is 5. The zero-order valence-corrected chi connectivity index (χ0v) is 10.6. The van der Waals surface area contributed by atoms with E-state index in [0.29, 0.717) is 12.3 Å². The Morgan fingerprint density at radius 3 is 2.94 bits per heavy atom. The molecule has 0 bridgehead atoms. The van der Waals surface area contributed by atoms with Gasteiger partial charge in [-0.25, -0.2) is 0 Å². The highest BCUT2D eigenvalue weighted by Crippen LogP contribution is 2.14. The molecular weight excluding hydrogens is 212 g/mol. The van der Waals surface area contributed by atoms with Crippen molar-refractivity contribution in [2.75, 3.05) is 13.2 Å². The maximum Gasteiger partial charge on any atom is 0.120 e. The Bertz CT molecular complexity index is 387. The summed E-state index contributed by atoms with van der Waals surface area (Å²) in [4.78, 5) is 0. The fourth-order valence-corrected chi connectivity index (χ4v) is 1.24. The predicted molar refractivity (Wildman–Crippen MR) is 70.0 cm³/mol. The Morgan fingerprint density at radius 2 is 2.24 bits per heavy atom. The van der Waals surface area contributed by atoms with Gasteiger partial charge in [-0.05, 0) is 24.1 Å². The zero-order valence-electron chi connectivity index (χ0n) is 10.6. The molecule has 2 heteroatoms. The van der Waals surface area contributed by atoms with Crippen LogP contribution in [0.3, 0.4) is 0 Å². The van der Waals surface area contributed by atoms with E-state index in [-0.39, 0.29) is 6.61 Å². The van der Waals surface area contributed by atoms with Crippen LogP contribution in [0.4, 0.5) is 0 Å². The van der Waals surface area contributed by atoms with Gasteiger partial charge in [0.25, 0.3) is 0 Å². The molecule has 92 valence electrons. The molecule has 0 aliphatic carbocycles. The van der Waals surface area contributed by atoms with Crippen LogP contribution in [0.15, 0.2) is 24.3 Å². The van der Waals surface area contributed by atoms with Crippen molar-refractivity contribution in [3.8, 4) is 17.6 Å². The first-order chi connectivity index (χ1) is 8.26. The third-order valence-corrected chi connectivity index (χ3v) is 2.54. The molecule has 1 rings (SSSR count). The van der Waals surface area contributed by atoms with E-state index in [1.54, 1.807) is 0 Å². The van der Waals surface area contributed by atoms with Gasteiger partial charge in [0.1, 0.15) is 5.75 Å². The van der Waals surface area contributed by atoms with Gasteiger partial charge in [-0.2, -0.15) is 0 Å². The van der Waals surface area contributed by atoms with Crippen LogP contribution in [0.1, 0.15) is 32.3 Å². The number of ether oxygens (including phenoxy) is 1. The fourth-order valence-electron chi connectivity index (χ4n) is 1.24. The predicted octanol–water partition coefficient (Wildman–Crippen LogP) is 2.85. The second-order valence-corrected chi connectivity index (χ2v) is 4.13. The minimum absolute atomic E-state index is 0.108. The number of aliphatic hydroxyl groups excluding tert-OH is 1. The van der Waals surface area contributed by atoms with Crippen LogP contribution in [0.25, 0.3) is 0 Å². The summed E-state index contributed by atoms with van der Waals surface area (Å²) in [6, 6.07) is 7.77. The first-order valence-corrected chi connectivity index (χ1v) is 6.08. The van der Waals surface area contributed by atoms with Crippen molar-refractivity contribution < 1.29 is 9.84 Å². The molecule has 1 aromatic rings. The van der Waals surface area contributed by atoms with Crippen molar-refractivity contribution in [3.63, 3.8) is 0 Å². The maximum atomic E-state index is 8.64. The molecule has 17 heavy (non-hydrogen) atoms. The maximum absolute atomic E-state index is 8.64. The normalized spacial score (nSPS) is 11.5. The van der Waals surface area contributed by atoms with Crippen LogP contribution in [0, 0.1) is 17.8 Å². The molecule has 2 nitrogen and oxygen atoms in total. The molecule has 0 amide bonds. The SMILES string of the molecule is CCC(C)COc1cccc(C#CCCO)c1. The lowest BCUT2D eigenvalue weighted by molar-refractivity contribution is 0.256.